The van der Waals surface area contributed by atoms with Crippen molar-refractivity contribution in [2.75, 3.05) is 0 Å². The predicted molar refractivity (Wildman–Crippen MR) is 46.0 cm³/mol. The van der Waals surface area contributed by atoms with E-state index in [2.05, 4.69) is 19.9 Å². The molecule has 0 saturated heterocycles. The minimum Gasteiger partial charge on any atom is -0.212 e. The first-order valence-corrected chi connectivity index (χ1v) is 4.18. The highest BCUT2D eigenvalue weighted by Gasteiger charge is 2.13. The number of rotatable bonds is 1. The van der Waals surface area contributed by atoms with Gasteiger partial charge in [0.2, 0.25) is 0 Å². The average molecular weight is 154 g/mol. The van der Waals surface area contributed by atoms with E-state index < -0.39 is 0 Å². The first-order valence-electron chi connectivity index (χ1n) is 4.18. The lowest BCUT2D eigenvalue weighted by atomic mass is 9.90. The van der Waals surface area contributed by atoms with Gasteiger partial charge in [0.25, 0.3) is 0 Å². The third-order valence-electron chi connectivity index (χ3n) is 2.19. The fourth-order valence-corrected chi connectivity index (χ4v) is 1.52. The molecule has 0 atom stereocenters. The molecular formula is C10H15F. The van der Waals surface area contributed by atoms with Crippen LogP contribution in [-0.2, 0) is 0 Å². The van der Waals surface area contributed by atoms with Crippen LogP contribution >= 0.6 is 0 Å². The van der Waals surface area contributed by atoms with Crippen LogP contribution < -0.4 is 0 Å². The van der Waals surface area contributed by atoms with Crippen molar-refractivity contribution >= 4 is 0 Å². The van der Waals surface area contributed by atoms with Crippen molar-refractivity contribution in [1.29, 1.82) is 0 Å². The van der Waals surface area contributed by atoms with Gasteiger partial charge in [-0.25, -0.2) is 4.39 Å². The molecule has 0 spiro atoms. The molecule has 1 heteroatoms. The topological polar surface area (TPSA) is 0 Å². The zero-order valence-electron chi connectivity index (χ0n) is 7.45. The first kappa shape index (κ1) is 8.51. The van der Waals surface area contributed by atoms with E-state index in [0.29, 0.717) is 12.3 Å². The quantitative estimate of drug-likeness (QED) is 0.541. The summed E-state index contributed by atoms with van der Waals surface area (Å²) in [6.07, 6.45) is 3.63. The summed E-state index contributed by atoms with van der Waals surface area (Å²) in [5.74, 6) is 0.539. The van der Waals surface area contributed by atoms with Crippen LogP contribution in [0.15, 0.2) is 23.0 Å². The summed E-state index contributed by atoms with van der Waals surface area (Å²) in [7, 11) is 0. The Morgan fingerprint density at radius 1 is 1.45 bits per heavy atom. The summed E-state index contributed by atoms with van der Waals surface area (Å²) >= 11 is 0. The molecule has 1 rings (SSSR count). The van der Waals surface area contributed by atoms with Crippen molar-refractivity contribution in [2.24, 2.45) is 5.92 Å². The van der Waals surface area contributed by atoms with Crippen LogP contribution in [0.3, 0.4) is 0 Å². The Bertz CT molecular complexity index is 209. The predicted octanol–water partition coefficient (Wildman–Crippen LogP) is 3.61. The van der Waals surface area contributed by atoms with Crippen molar-refractivity contribution < 1.29 is 4.39 Å². The molecular weight excluding hydrogens is 139 g/mol. The van der Waals surface area contributed by atoms with E-state index in [0.717, 1.165) is 12.0 Å². The molecule has 62 valence electrons. The van der Waals surface area contributed by atoms with Gasteiger partial charge in [-0.1, -0.05) is 19.9 Å². The van der Waals surface area contributed by atoms with Gasteiger partial charge < -0.3 is 0 Å². The first-order chi connectivity index (χ1) is 5.13. The van der Waals surface area contributed by atoms with E-state index in [4.69, 9.17) is 0 Å². The zero-order valence-corrected chi connectivity index (χ0v) is 7.45. The highest BCUT2D eigenvalue weighted by molar-refractivity contribution is 5.35. The smallest absolute Gasteiger partial charge is 0.103 e. The Balaban J connectivity index is 2.89. The van der Waals surface area contributed by atoms with Crippen molar-refractivity contribution in [3.63, 3.8) is 0 Å². The van der Waals surface area contributed by atoms with Crippen LogP contribution in [0.2, 0.25) is 0 Å². The van der Waals surface area contributed by atoms with Crippen LogP contribution in [-0.4, -0.2) is 0 Å². The Morgan fingerprint density at radius 3 is 2.55 bits per heavy atom. The normalized spacial score (nSPS) is 19.2. The van der Waals surface area contributed by atoms with Gasteiger partial charge in [0.05, 0.1) is 0 Å². The fourth-order valence-electron chi connectivity index (χ4n) is 1.52. The fraction of sp³-hybridized carbons (Fsp3) is 0.600. The molecule has 1 aliphatic carbocycles. The second kappa shape index (κ2) is 3.21. The maximum Gasteiger partial charge on any atom is 0.103 e. The second-order valence-corrected chi connectivity index (χ2v) is 3.38. The van der Waals surface area contributed by atoms with Gasteiger partial charge in [0, 0.05) is 6.42 Å². The standard InChI is InChI=1S/C10H15F/c1-7(2)9-5-4-6-10(11)8(9)3/h5,7H,4,6H2,1-3H3. The number of hydrogen-bond acceptors (Lipinski definition) is 0. The maximum absolute atomic E-state index is 13.0. The Kier molecular flexibility index (Phi) is 2.48. The highest BCUT2D eigenvalue weighted by Crippen LogP contribution is 2.29. The molecule has 0 nitrogen and oxygen atoms in total. The molecule has 0 radical (unpaired) electrons. The van der Waals surface area contributed by atoms with E-state index in [-0.39, 0.29) is 5.83 Å². The van der Waals surface area contributed by atoms with Crippen LogP contribution in [0, 0.1) is 5.92 Å². The highest BCUT2D eigenvalue weighted by atomic mass is 19.1. The van der Waals surface area contributed by atoms with Crippen LogP contribution in [0.25, 0.3) is 0 Å². The minimum atomic E-state index is 0.0798. The van der Waals surface area contributed by atoms with Crippen LogP contribution in [0.5, 0.6) is 0 Å². The monoisotopic (exact) mass is 154 g/mol. The molecule has 0 aromatic carbocycles. The van der Waals surface area contributed by atoms with Gasteiger partial charge in [-0.15, -0.1) is 0 Å². The van der Waals surface area contributed by atoms with Crippen molar-refractivity contribution in [3.8, 4) is 0 Å². The van der Waals surface area contributed by atoms with E-state index in [1.807, 2.05) is 6.92 Å². The molecule has 1 aliphatic rings. The lowest BCUT2D eigenvalue weighted by Crippen LogP contribution is -2.01. The maximum atomic E-state index is 13.0. The van der Waals surface area contributed by atoms with Gasteiger partial charge in [-0.05, 0) is 30.4 Å². The van der Waals surface area contributed by atoms with Crippen molar-refractivity contribution in [2.45, 2.75) is 33.6 Å². The molecule has 0 amide bonds. The Labute approximate surface area is 67.8 Å². The lowest BCUT2D eigenvalue weighted by Gasteiger charge is -2.17. The summed E-state index contributed by atoms with van der Waals surface area (Å²) in [4.78, 5) is 0. The average Bonchev–Trinajstić information content (AvgIpc) is 1.94. The molecule has 0 unspecified atom stereocenters. The van der Waals surface area contributed by atoms with Gasteiger partial charge in [-0.2, -0.15) is 0 Å². The number of halogens is 1. The van der Waals surface area contributed by atoms with Crippen molar-refractivity contribution in [3.05, 3.63) is 23.0 Å². The Morgan fingerprint density at radius 2 is 2.09 bits per heavy atom. The van der Waals surface area contributed by atoms with Crippen LogP contribution in [0.4, 0.5) is 4.39 Å². The van der Waals surface area contributed by atoms with Gasteiger partial charge in [0.15, 0.2) is 0 Å². The summed E-state index contributed by atoms with van der Waals surface area (Å²) < 4.78 is 13.0. The molecule has 0 fully saturated rings. The molecule has 0 aromatic rings. The molecule has 0 N–H and O–H groups in total. The van der Waals surface area contributed by atoms with E-state index >= 15 is 0 Å². The molecule has 11 heavy (non-hydrogen) atoms. The van der Waals surface area contributed by atoms with Gasteiger partial charge in [0.1, 0.15) is 5.83 Å². The molecule has 0 heterocycles. The SMILES string of the molecule is CC1=C(F)CCC=C1C(C)C. The molecule has 0 aromatic heterocycles. The third kappa shape index (κ3) is 1.70. The number of hydrogen-bond donors (Lipinski definition) is 0. The van der Waals surface area contributed by atoms with Crippen molar-refractivity contribution in [1.82, 2.24) is 0 Å². The molecule has 0 saturated carbocycles. The second-order valence-electron chi connectivity index (χ2n) is 3.38. The molecule has 0 aliphatic heterocycles. The molecule has 0 bridgehead atoms. The van der Waals surface area contributed by atoms with Crippen LogP contribution in [0.1, 0.15) is 33.6 Å². The largest absolute Gasteiger partial charge is 0.212 e. The summed E-state index contributed by atoms with van der Waals surface area (Å²) in [6.45, 7) is 6.09. The van der Waals surface area contributed by atoms with Gasteiger partial charge in [-0.3, -0.25) is 0 Å². The zero-order chi connectivity index (χ0) is 8.43. The van der Waals surface area contributed by atoms with E-state index in [1.165, 1.54) is 5.57 Å². The minimum absolute atomic E-state index is 0.0798. The summed E-state index contributed by atoms with van der Waals surface area (Å²) in [5.41, 5.74) is 2.06. The third-order valence-corrected chi connectivity index (χ3v) is 2.19. The Hall–Kier alpha value is -0.590. The van der Waals surface area contributed by atoms with E-state index in [9.17, 15) is 4.39 Å². The summed E-state index contributed by atoms with van der Waals surface area (Å²) in [5, 5.41) is 0. The number of allylic oxidation sites excluding steroid dienone is 4. The van der Waals surface area contributed by atoms with E-state index in [1.54, 1.807) is 0 Å². The lowest BCUT2D eigenvalue weighted by molar-refractivity contribution is 0.564. The van der Waals surface area contributed by atoms with Gasteiger partial charge >= 0.3 is 0 Å². The summed E-state index contributed by atoms with van der Waals surface area (Å²) in [6, 6.07) is 0.